The molecule has 1 aliphatic rings. The summed E-state index contributed by atoms with van der Waals surface area (Å²) < 4.78 is 12.7. The molecule has 0 aliphatic carbocycles. The number of allylic oxidation sites excluding steroid dienone is 1. The number of hydrogen-bond acceptors (Lipinski definition) is 5. The van der Waals surface area contributed by atoms with Crippen molar-refractivity contribution in [3.05, 3.63) is 106 Å². The van der Waals surface area contributed by atoms with E-state index in [0.717, 1.165) is 27.9 Å². The molecule has 7 heteroatoms. The Hall–Kier alpha value is -3.06. The number of benzene rings is 3. The molecule has 0 N–H and O–H groups in total. The van der Waals surface area contributed by atoms with Crippen molar-refractivity contribution in [1.29, 1.82) is 0 Å². The Balaban J connectivity index is 1.66. The van der Waals surface area contributed by atoms with Crippen LogP contribution in [0.3, 0.4) is 0 Å². The maximum absolute atomic E-state index is 13.3. The second kappa shape index (κ2) is 11.8. The molecule has 1 saturated heterocycles. The van der Waals surface area contributed by atoms with Crippen LogP contribution in [0.1, 0.15) is 29.2 Å². The van der Waals surface area contributed by atoms with Crippen molar-refractivity contribution in [2.45, 2.75) is 26.9 Å². The van der Waals surface area contributed by atoms with E-state index in [0.29, 0.717) is 45.4 Å². The molecule has 0 bridgehead atoms. The molecule has 0 radical (unpaired) electrons. The maximum atomic E-state index is 13.3. The highest BCUT2D eigenvalue weighted by Crippen LogP contribution is 2.39. The van der Waals surface area contributed by atoms with Crippen LogP contribution in [-0.4, -0.2) is 16.8 Å². The van der Waals surface area contributed by atoms with Crippen LogP contribution in [0.5, 0.6) is 11.5 Å². The first kappa shape index (κ1) is 26.0. The highest BCUT2D eigenvalue weighted by atomic mass is 35.5. The zero-order valence-electron chi connectivity index (χ0n) is 20.1. The van der Waals surface area contributed by atoms with E-state index in [1.165, 1.54) is 11.8 Å². The Morgan fingerprint density at radius 3 is 2.58 bits per heavy atom. The Bertz CT molecular complexity index is 1330. The van der Waals surface area contributed by atoms with Gasteiger partial charge in [-0.1, -0.05) is 65.9 Å². The van der Waals surface area contributed by atoms with Gasteiger partial charge < -0.3 is 9.47 Å². The third kappa shape index (κ3) is 6.01. The Morgan fingerprint density at radius 2 is 1.89 bits per heavy atom. The van der Waals surface area contributed by atoms with Gasteiger partial charge in [-0.15, -0.1) is 6.58 Å². The molecule has 4 nitrogen and oxygen atoms in total. The molecule has 3 aromatic rings. The van der Waals surface area contributed by atoms with Crippen molar-refractivity contribution < 1.29 is 14.3 Å². The molecular formula is C29H26ClNO3S2. The predicted octanol–water partition coefficient (Wildman–Crippen LogP) is 7.76. The van der Waals surface area contributed by atoms with E-state index in [1.807, 2.05) is 86.7 Å². The van der Waals surface area contributed by atoms with Crippen molar-refractivity contribution in [3.63, 3.8) is 0 Å². The molecule has 184 valence electrons. The van der Waals surface area contributed by atoms with E-state index in [-0.39, 0.29) is 5.91 Å². The smallest absolute Gasteiger partial charge is 0.270 e. The molecule has 1 fully saturated rings. The summed E-state index contributed by atoms with van der Waals surface area (Å²) in [4.78, 5) is 15.4. The van der Waals surface area contributed by atoms with Gasteiger partial charge in [-0.3, -0.25) is 9.69 Å². The van der Waals surface area contributed by atoms with Crippen molar-refractivity contribution >= 4 is 57.6 Å². The summed E-state index contributed by atoms with van der Waals surface area (Å²) in [5.41, 5.74) is 4.59. The molecule has 0 aromatic heterocycles. The number of halogens is 1. The Labute approximate surface area is 226 Å². The average molecular weight is 536 g/mol. The van der Waals surface area contributed by atoms with Crippen molar-refractivity contribution in [2.24, 2.45) is 0 Å². The fourth-order valence-corrected chi connectivity index (χ4v) is 5.27. The minimum absolute atomic E-state index is 0.137. The number of rotatable bonds is 9. The molecule has 0 saturated carbocycles. The van der Waals surface area contributed by atoms with Crippen LogP contribution in [0.25, 0.3) is 6.08 Å². The Kier molecular flexibility index (Phi) is 8.52. The topological polar surface area (TPSA) is 38.8 Å². The second-order valence-electron chi connectivity index (χ2n) is 8.20. The summed E-state index contributed by atoms with van der Waals surface area (Å²) in [6.45, 7) is 8.66. The molecule has 0 unspecified atom stereocenters. The van der Waals surface area contributed by atoms with Gasteiger partial charge in [0.1, 0.15) is 6.61 Å². The van der Waals surface area contributed by atoms with Crippen LogP contribution in [0.15, 0.2) is 78.2 Å². The molecule has 3 aromatic carbocycles. The summed E-state index contributed by atoms with van der Waals surface area (Å²) in [5, 5.41) is 0.679. The number of carbonyl (C=O) groups is 1. The van der Waals surface area contributed by atoms with Gasteiger partial charge in [-0.05, 0) is 79.4 Å². The average Bonchev–Trinajstić information content (AvgIpc) is 3.12. The predicted molar refractivity (Wildman–Crippen MR) is 154 cm³/mol. The lowest BCUT2D eigenvalue weighted by atomic mass is 10.0. The molecule has 1 amide bonds. The number of amides is 1. The maximum Gasteiger partial charge on any atom is 0.270 e. The third-order valence-electron chi connectivity index (χ3n) is 5.47. The van der Waals surface area contributed by atoms with Gasteiger partial charge in [-0.25, -0.2) is 0 Å². The van der Waals surface area contributed by atoms with E-state index in [2.05, 4.69) is 6.58 Å². The van der Waals surface area contributed by atoms with E-state index >= 15 is 0 Å². The number of carbonyl (C=O) groups excluding carboxylic acids is 1. The highest BCUT2D eigenvalue weighted by Gasteiger charge is 2.33. The molecule has 36 heavy (non-hydrogen) atoms. The summed E-state index contributed by atoms with van der Waals surface area (Å²) in [6, 6.07) is 19.2. The fourth-order valence-electron chi connectivity index (χ4n) is 3.85. The fraction of sp³-hybridized carbons (Fsp3) is 0.172. The number of nitrogens with zero attached hydrogens (tertiary/aromatic N) is 1. The first-order chi connectivity index (χ1) is 17.4. The first-order valence-electron chi connectivity index (χ1n) is 11.5. The number of thioether (sulfide) groups is 1. The highest BCUT2D eigenvalue weighted by molar-refractivity contribution is 8.27. The second-order valence-corrected chi connectivity index (χ2v) is 10.3. The van der Waals surface area contributed by atoms with Crippen molar-refractivity contribution in [3.8, 4) is 11.5 Å². The number of aryl methyl sites for hydroxylation is 1. The molecule has 1 heterocycles. The normalized spacial score (nSPS) is 14.4. The zero-order valence-corrected chi connectivity index (χ0v) is 22.5. The van der Waals surface area contributed by atoms with Crippen LogP contribution in [-0.2, 0) is 17.8 Å². The van der Waals surface area contributed by atoms with Crippen molar-refractivity contribution in [1.82, 2.24) is 0 Å². The van der Waals surface area contributed by atoms with Crippen molar-refractivity contribution in [2.75, 3.05) is 11.5 Å². The van der Waals surface area contributed by atoms with Crippen LogP contribution >= 0.6 is 35.6 Å². The van der Waals surface area contributed by atoms with E-state index in [9.17, 15) is 4.79 Å². The third-order valence-corrected chi connectivity index (χ3v) is 7.02. The number of hydrogen-bond donors (Lipinski definition) is 0. The SMILES string of the molecule is C=CCc1cc(/C=C2/SC(=S)N(c3cccc(C)c3)C2=O)cc(OCC)c1OCc1ccc(Cl)cc1. The lowest BCUT2D eigenvalue weighted by Gasteiger charge is -2.17. The minimum Gasteiger partial charge on any atom is -0.490 e. The summed E-state index contributed by atoms with van der Waals surface area (Å²) >= 11 is 12.8. The minimum atomic E-state index is -0.137. The van der Waals surface area contributed by atoms with Gasteiger partial charge in [0, 0.05) is 10.6 Å². The zero-order chi connectivity index (χ0) is 25.7. The number of thiocarbonyl (C=S) groups is 1. The largest absolute Gasteiger partial charge is 0.490 e. The number of ether oxygens (including phenoxy) is 2. The number of anilines is 1. The van der Waals surface area contributed by atoms with Gasteiger partial charge in [-0.2, -0.15) is 0 Å². The molecule has 4 rings (SSSR count). The quantitative estimate of drug-likeness (QED) is 0.159. The van der Waals surface area contributed by atoms with E-state index < -0.39 is 0 Å². The van der Waals surface area contributed by atoms with Gasteiger partial charge in [0.15, 0.2) is 15.8 Å². The van der Waals surface area contributed by atoms with Gasteiger partial charge >= 0.3 is 0 Å². The Morgan fingerprint density at radius 1 is 1.11 bits per heavy atom. The summed E-state index contributed by atoms with van der Waals surface area (Å²) in [5.74, 6) is 1.14. The lowest BCUT2D eigenvalue weighted by molar-refractivity contribution is -0.113. The van der Waals surface area contributed by atoms with Gasteiger partial charge in [0.05, 0.1) is 17.2 Å². The molecule has 1 aliphatic heterocycles. The van der Waals surface area contributed by atoms with Crippen LogP contribution in [0.2, 0.25) is 5.02 Å². The standard InChI is InChI=1S/C29H26ClNO3S2/c1-4-7-22-15-21(16-25(33-5-2)27(22)34-18-20-10-12-23(30)13-11-20)17-26-28(32)31(29(35)36-26)24-9-6-8-19(3)14-24/h4,6,8-17H,1,5,7,18H2,2-3H3/b26-17+. The molecule has 0 atom stereocenters. The molecule has 0 spiro atoms. The van der Waals surface area contributed by atoms with Crippen LogP contribution < -0.4 is 14.4 Å². The monoisotopic (exact) mass is 535 g/mol. The molecular weight excluding hydrogens is 510 g/mol. The van der Waals surface area contributed by atoms with Crippen LogP contribution in [0, 0.1) is 6.92 Å². The first-order valence-corrected chi connectivity index (χ1v) is 13.1. The lowest BCUT2D eigenvalue weighted by Crippen LogP contribution is -2.27. The van der Waals surface area contributed by atoms with E-state index in [1.54, 1.807) is 4.90 Å². The summed E-state index contributed by atoms with van der Waals surface area (Å²) in [6.07, 6.45) is 4.26. The van der Waals surface area contributed by atoms with E-state index in [4.69, 9.17) is 33.3 Å². The van der Waals surface area contributed by atoms with Crippen LogP contribution in [0.4, 0.5) is 5.69 Å². The van der Waals surface area contributed by atoms with Gasteiger partial charge in [0.25, 0.3) is 5.91 Å². The van der Waals surface area contributed by atoms with Gasteiger partial charge in [0.2, 0.25) is 0 Å². The summed E-state index contributed by atoms with van der Waals surface area (Å²) in [7, 11) is 0.